The molecular formula is C14H15NO3. The van der Waals surface area contributed by atoms with E-state index < -0.39 is 0 Å². The van der Waals surface area contributed by atoms with E-state index in [1.54, 1.807) is 12.1 Å². The zero-order valence-corrected chi connectivity index (χ0v) is 10.2. The number of hydrogen-bond donors (Lipinski definition) is 1. The predicted molar refractivity (Wildman–Crippen MR) is 68.9 cm³/mol. The van der Waals surface area contributed by atoms with Gasteiger partial charge in [-0.3, -0.25) is 4.79 Å². The van der Waals surface area contributed by atoms with Gasteiger partial charge in [0.2, 0.25) is 0 Å². The van der Waals surface area contributed by atoms with Crippen LogP contribution in [0.25, 0.3) is 10.9 Å². The van der Waals surface area contributed by atoms with E-state index in [9.17, 15) is 4.79 Å². The van der Waals surface area contributed by atoms with Crippen molar-refractivity contribution in [2.75, 3.05) is 13.2 Å². The van der Waals surface area contributed by atoms with E-state index in [4.69, 9.17) is 9.84 Å². The van der Waals surface area contributed by atoms with Gasteiger partial charge in [0, 0.05) is 24.0 Å². The molecule has 0 aliphatic carbocycles. The largest absolute Gasteiger partial charge is 0.493 e. The molecular weight excluding hydrogens is 230 g/mol. The maximum Gasteiger partial charge on any atom is 0.168 e. The molecule has 2 aromatic rings. The molecule has 0 aliphatic heterocycles. The molecule has 1 aromatic carbocycles. The quantitative estimate of drug-likeness (QED) is 0.819. The number of nitrogens with zero attached hydrogens (tertiary/aromatic N) is 1. The van der Waals surface area contributed by atoms with Crippen molar-refractivity contribution in [3.8, 4) is 5.75 Å². The lowest BCUT2D eigenvalue weighted by Gasteiger charge is -2.10. The monoisotopic (exact) mass is 245 g/mol. The lowest BCUT2D eigenvalue weighted by atomic mass is 10.2. The van der Waals surface area contributed by atoms with E-state index in [0.717, 1.165) is 17.2 Å². The van der Waals surface area contributed by atoms with E-state index in [-0.39, 0.29) is 12.5 Å². The van der Waals surface area contributed by atoms with Gasteiger partial charge < -0.3 is 9.84 Å². The molecule has 0 fully saturated rings. The van der Waals surface area contributed by atoms with Gasteiger partial charge in [-0.25, -0.2) is 4.98 Å². The summed E-state index contributed by atoms with van der Waals surface area (Å²) in [5, 5.41) is 9.88. The van der Waals surface area contributed by atoms with E-state index in [1.165, 1.54) is 0 Å². The minimum Gasteiger partial charge on any atom is -0.493 e. The lowest BCUT2D eigenvalue weighted by Crippen LogP contribution is -2.12. The van der Waals surface area contributed by atoms with E-state index in [1.807, 2.05) is 25.1 Å². The fourth-order valence-electron chi connectivity index (χ4n) is 1.56. The van der Waals surface area contributed by atoms with Crippen LogP contribution >= 0.6 is 0 Å². The number of carbonyl (C=O) groups is 1. The van der Waals surface area contributed by atoms with Gasteiger partial charge in [0.05, 0.1) is 12.1 Å². The van der Waals surface area contributed by atoms with Crippen LogP contribution in [0, 0.1) is 5.92 Å². The SMILES string of the molecule is CC(CO)COc1ccc2ccc(C=O)nc2c1. The van der Waals surface area contributed by atoms with Gasteiger partial charge >= 0.3 is 0 Å². The van der Waals surface area contributed by atoms with E-state index >= 15 is 0 Å². The molecule has 0 aliphatic rings. The number of aliphatic hydroxyl groups is 1. The first kappa shape index (κ1) is 12.5. The van der Waals surface area contributed by atoms with Crippen LogP contribution in [-0.2, 0) is 0 Å². The summed E-state index contributed by atoms with van der Waals surface area (Å²) in [6.07, 6.45) is 0.723. The molecule has 0 bridgehead atoms. The van der Waals surface area contributed by atoms with Crippen molar-refractivity contribution in [1.29, 1.82) is 0 Å². The number of aldehydes is 1. The fraction of sp³-hybridized carbons (Fsp3) is 0.286. The molecule has 1 N–H and O–H groups in total. The summed E-state index contributed by atoms with van der Waals surface area (Å²) in [6.45, 7) is 2.46. The van der Waals surface area contributed by atoms with Crippen LogP contribution in [-0.4, -0.2) is 29.6 Å². The van der Waals surface area contributed by atoms with Crippen LogP contribution in [0.1, 0.15) is 17.4 Å². The van der Waals surface area contributed by atoms with Gasteiger partial charge in [-0.2, -0.15) is 0 Å². The Morgan fingerprint density at radius 1 is 1.39 bits per heavy atom. The molecule has 4 heteroatoms. The second-order valence-corrected chi connectivity index (χ2v) is 4.31. The maximum absolute atomic E-state index is 10.7. The summed E-state index contributed by atoms with van der Waals surface area (Å²) in [7, 11) is 0. The van der Waals surface area contributed by atoms with E-state index in [0.29, 0.717) is 18.1 Å². The smallest absolute Gasteiger partial charge is 0.168 e. The van der Waals surface area contributed by atoms with Crippen LogP contribution in [0.15, 0.2) is 30.3 Å². The van der Waals surface area contributed by atoms with Crippen LogP contribution in [0.2, 0.25) is 0 Å². The first-order valence-corrected chi connectivity index (χ1v) is 5.82. The average Bonchev–Trinajstić information content (AvgIpc) is 2.43. The third-order valence-corrected chi connectivity index (χ3v) is 2.65. The van der Waals surface area contributed by atoms with Gasteiger partial charge in [-0.15, -0.1) is 0 Å². The number of benzene rings is 1. The first-order chi connectivity index (χ1) is 8.72. The van der Waals surface area contributed by atoms with Crippen LogP contribution in [0.4, 0.5) is 0 Å². The molecule has 1 atom stereocenters. The van der Waals surface area contributed by atoms with Crippen molar-refractivity contribution in [1.82, 2.24) is 4.98 Å². The summed E-state index contributed by atoms with van der Waals surface area (Å²) in [5.74, 6) is 0.785. The summed E-state index contributed by atoms with van der Waals surface area (Å²) in [5.41, 5.74) is 1.14. The number of rotatable bonds is 5. The molecule has 0 saturated carbocycles. The van der Waals surface area contributed by atoms with Crippen LogP contribution in [0.3, 0.4) is 0 Å². The highest BCUT2D eigenvalue weighted by Crippen LogP contribution is 2.20. The topological polar surface area (TPSA) is 59.4 Å². The van der Waals surface area contributed by atoms with Crippen LogP contribution < -0.4 is 4.74 Å². The van der Waals surface area contributed by atoms with Gasteiger partial charge in [-0.1, -0.05) is 13.0 Å². The van der Waals surface area contributed by atoms with Crippen molar-refractivity contribution in [2.45, 2.75) is 6.92 Å². The number of pyridine rings is 1. The molecule has 1 heterocycles. The molecule has 18 heavy (non-hydrogen) atoms. The van der Waals surface area contributed by atoms with Crippen molar-refractivity contribution >= 4 is 17.2 Å². The Morgan fingerprint density at radius 2 is 2.17 bits per heavy atom. The Morgan fingerprint density at radius 3 is 2.89 bits per heavy atom. The van der Waals surface area contributed by atoms with E-state index in [2.05, 4.69) is 4.98 Å². The molecule has 4 nitrogen and oxygen atoms in total. The zero-order chi connectivity index (χ0) is 13.0. The Labute approximate surface area is 105 Å². The summed E-state index contributed by atoms with van der Waals surface area (Å²) in [4.78, 5) is 14.9. The molecule has 0 saturated heterocycles. The summed E-state index contributed by atoms with van der Waals surface area (Å²) in [6, 6.07) is 9.09. The van der Waals surface area contributed by atoms with Crippen molar-refractivity contribution in [3.05, 3.63) is 36.0 Å². The minimum atomic E-state index is 0.0926. The second-order valence-electron chi connectivity index (χ2n) is 4.31. The third-order valence-electron chi connectivity index (χ3n) is 2.65. The molecule has 1 unspecified atom stereocenters. The molecule has 0 amide bonds. The van der Waals surface area contributed by atoms with Gasteiger partial charge in [0.1, 0.15) is 11.4 Å². The molecule has 94 valence electrons. The van der Waals surface area contributed by atoms with Crippen molar-refractivity contribution < 1.29 is 14.6 Å². The standard InChI is InChI=1S/C14H15NO3/c1-10(7-16)9-18-13-5-3-11-2-4-12(8-17)15-14(11)6-13/h2-6,8,10,16H,7,9H2,1H3. The zero-order valence-electron chi connectivity index (χ0n) is 10.2. The molecule has 0 spiro atoms. The minimum absolute atomic E-state index is 0.0926. The van der Waals surface area contributed by atoms with Gasteiger partial charge in [-0.05, 0) is 18.2 Å². The Bertz CT molecular complexity index is 554. The number of hydrogen-bond acceptors (Lipinski definition) is 4. The third kappa shape index (κ3) is 2.84. The lowest BCUT2D eigenvalue weighted by molar-refractivity contribution is 0.111. The number of aromatic nitrogens is 1. The number of ether oxygens (including phenoxy) is 1. The Kier molecular flexibility index (Phi) is 3.89. The van der Waals surface area contributed by atoms with Crippen molar-refractivity contribution in [2.24, 2.45) is 5.92 Å². The number of aliphatic hydroxyl groups excluding tert-OH is 1. The Balaban J connectivity index is 2.22. The summed E-state index contributed by atoms with van der Waals surface area (Å²) >= 11 is 0. The highest BCUT2D eigenvalue weighted by molar-refractivity contribution is 5.84. The maximum atomic E-state index is 10.7. The normalized spacial score (nSPS) is 12.3. The van der Waals surface area contributed by atoms with Gasteiger partial charge in [0.25, 0.3) is 0 Å². The second kappa shape index (κ2) is 5.60. The molecule has 1 aromatic heterocycles. The molecule has 0 radical (unpaired) electrons. The predicted octanol–water partition coefficient (Wildman–Crippen LogP) is 2.05. The van der Waals surface area contributed by atoms with Crippen LogP contribution in [0.5, 0.6) is 5.75 Å². The summed E-state index contributed by atoms with van der Waals surface area (Å²) < 4.78 is 5.55. The highest BCUT2D eigenvalue weighted by Gasteiger charge is 2.03. The highest BCUT2D eigenvalue weighted by atomic mass is 16.5. The number of fused-ring (bicyclic) bond motifs is 1. The average molecular weight is 245 g/mol. The Hall–Kier alpha value is -1.94. The first-order valence-electron chi connectivity index (χ1n) is 5.82. The number of carbonyl (C=O) groups excluding carboxylic acids is 1. The molecule has 2 rings (SSSR count). The fourth-order valence-corrected chi connectivity index (χ4v) is 1.56. The van der Waals surface area contributed by atoms with Gasteiger partial charge in [0.15, 0.2) is 6.29 Å². The van der Waals surface area contributed by atoms with Crippen molar-refractivity contribution in [3.63, 3.8) is 0 Å².